The van der Waals surface area contributed by atoms with Crippen molar-refractivity contribution in [1.29, 1.82) is 0 Å². The molecule has 0 spiro atoms. The van der Waals surface area contributed by atoms with Gasteiger partial charge in [0.05, 0.1) is 34.2 Å². The van der Waals surface area contributed by atoms with Crippen LogP contribution in [0.4, 0.5) is 0 Å². The molecule has 2 saturated heterocycles. The van der Waals surface area contributed by atoms with E-state index in [1.54, 1.807) is 0 Å². The van der Waals surface area contributed by atoms with Gasteiger partial charge in [-0.2, -0.15) is 0 Å². The van der Waals surface area contributed by atoms with E-state index in [2.05, 4.69) is 0 Å². The molecule has 0 aromatic rings. The van der Waals surface area contributed by atoms with Crippen LogP contribution >= 0.6 is 0 Å². The largest absolute Gasteiger partial charge is 0.378 e. The first-order valence-corrected chi connectivity index (χ1v) is 4.31. The number of hydrogen-bond donors (Lipinski definition) is 0. The molecule has 40 valence electrons. The van der Waals surface area contributed by atoms with Crippen molar-refractivity contribution in [3.63, 3.8) is 0 Å². The van der Waals surface area contributed by atoms with Crippen molar-refractivity contribution in [3.8, 4) is 0 Å². The van der Waals surface area contributed by atoms with Gasteiger partial charge in [-0.05, 0) is 0 Å². The van der Waals surface area contributed by atoms with Crippen LogP contribution in [0.1, 0.15) is 0 Å². The first-order valence-electron chi connectivity index (χ1n) is 2.68. The van der Waals surface area contributed by atoms with Crippen LogP contribution in [0, 0.1) is 0 Å². The average molecular weight is 116 g/mol. The molecule has 7 heavy (non-hydrogen) atoms. The van der Waals surface area contributed by atoms with Crippen LogP contribution in [-0.4, -0.2) is 34.2 Å². The summed E-state index contributed by atoms with van der Waals surface area (Å²) in [5.74, 6) is 0. The second-order valence-electron chi connectivity index (χ2n) is 2.15. The Kier molecular flexibility index (Phi) is 0.757. The second-order valence-corrected chi connectivity index (χ2v) is 4.44. The maximum Gasteiger partial charge on any atom is 0.0959 e. The Morgan fingerprint density at radius 1 is 1.14 bits per heavy atom. The highest BCUT2D eigenvalue weighted by atomic mass is 28.2. The van der Waals surface area contributed by atoms with Crippen molar-refractivity contribution < 1.29 is 9.47 Å². The standard InChI is InChI=1S/C4H8O2Si/c1-3(5-1)7-4-2-6-4/h3-4H,1-2,7H2. The Balaban J connectivity index is 1.69. The lowest BCUT2D eigenvalue weighted by atomic mass is 11.0. The van der Waals surface area contributed by atoms with E-state index in [1.807, 2.05) is 0 Å². The summed E-state index contributed by atoms with van der Waals surface area (Å²) in [6.07, 6.45) is 0. The highest BCUT2D eigenvalue weighted by molar-refractivity contribution is 6.40. The van der Waals surface area contributed by atoms with Gasteiger partial charge < -0.3 is 9.47 Å². The van der Waals surface area contributed by atoms with Gasteiger partial charge in [-0.3, -0.25) is 0 Å². The zero-order valence-corrected chi connectivity index (χ0v) is 5.51. The predicted molar refractivity (Wildman–Crippen MR) is 28.0 cm³/mol. The van der Waals surface area contributed by atoms with Crippen molar-refractivity contribution in [2.24, 2.45) is 0 Å². The monoisotopic (exact) mass is 116 g/mol. The topological polar surface area (TPSA) is 25.1 Å². The fraction of sp³-hybridized carbons (Fsp3) is 1.00. The Morgan fingerprint density at radius 3 is 1.86 bits per heavy atom. The Bertz CT molecular complexity index is 67.8. The van der Waals surface area contributed by atoms with E-state index < -0.39 is 0 Å². The molecular formula is C4H8O2Si. The molecule has 2 heterocycles. The number of hydrogen-bond acceptors (Lipinski definition) is 2. The van der Waals surface area contributed by atoms with Crippen LogP contribution in [-0.2, 0) is 9.47 Å². The summed E-state index contributed by atoms with van der Waals surface area (Å²) >= 11 is 0. The van der Waals surface area contributed by atoms with Crippen LogP contribution < -0.4 is 0 Å². The summed E-state index contributed by atoms with van der Waals surface area (Å²) in [6.45, 7) is 2.07. The van der Waals surface area contributed by atoms with Crippen LogP contribution in [0.5, 0.6) is 0 Å². The molecule has 2 atom stereocenters. The minimum Gasteiger partial charge on any atom is -0.378 e. The van der Waals surface area contributed by atoms with E-state index in [-0.39, 0.29) is 9.52 Å². The summed E-state index contributed by atoms with van der Waals surface area (Å²) in [6, 6.07) is 0. The van der Waals surface area contributed by atoms with Crippen LogP contribution in [0.25, 0.3) is 0 Å². The van der Waals surface area contributed by atoms with Crippen LogP contribution in [0.2, 0.25) is 0 Å². The second kappa shape index (κ2) is 1.31. The maximum absolute atomic E-state index is 5.04. The molecule has 2 fully saturated rings. The fourth-order valence-electron chi connectivity index (χ4n) is 0.701. The maximum atomic E-state index is 5.04. The molecule has 0 bridgehead atoms. The average Bonchev–Trinajstić information content (AvgIpc) is 2.33. The van der Waals surface area contributed by atoms with Gasteiger partial charge in [0.2, 0.25) is 0 Å². The molecule has 3 heteroatoms. The number of ether oxygens (including phenoxy) is 2. The number of epoxide rings is 2. The van der Waals surface area contributed by atoms with Crippen molar-refractivity contribution >= 4 is 9.52 Å². The van der Waals surface area contributed by atoms with E-state index >= 15 is 0 Å². The van der Waals surface area contributed by atoms with Gasteiger partial charge in [0.1, 0.15) is 0 Å². The van der Waals surface area contributed by atoms with E-state index in [9.17, 15) is 0 Å². The van der Waals surface area contributed by atoms with Gasteiger partial charge in [-0.15, -0.1) is 0 Å². The molecule has 0 saturated carbocycles. The summed E-state index contributed by atoms with van der Waals surface area (Å²) in [5.41, 5.74) is 1.40. The first kappa shape index (κ1) is 4.06. The summed E-state index contributed by atoms with van der Waals surface area (Å²) < 4.78 is 10.1. The quantitative estimate of drug-likeness (QED) is 0.337. The Morgan fingerprint density at radius 2 is 1.57 bits per heavy atom. The SMILES string of the molecule is C1OC1[SiH2]C1CO1. The Hall–Kier alpha value is 0.137. The minimum atomic E-state index is 0.0586. The third-order valence-corrected chi connectivity index (χ3v) is 3.32. The zero-order valence-electron chi connectivity index (χ0n) is 4.09. The third kappa shape index (κ3) is 1.02. The van der Waals surface area contributed by atoms with Crippen molar-refractivity contribution in [3.05, 3.63) is 0 Å². The summed E-state index contributed by atoms with van der Waals surface area (Å²) in [5, 5.41) is 0. The van der Waals surface area contributed by atoms with E-state index in [4.69, 9.17) is 9.47 Å². The normalized spacial score (nSPS) is 48.0. The molecule has 0 amide bonds. The summed E-state index contributed by atoms with van der Waals surface area (Å²) in [7, 11) is 0.0586. The van der Waals surface area contributed by atoms with Gasteiger partial charge >= 0.3 is 0 Å². The van der Waals surface area contributed by atoms with Gasteiger partial charge in [0.25, 0.3) is 0 Å². The van der Waals surface area contributed by atoms with Gasteiger partial charge in [-0.1, -0.05) is 0 Å². The molecule has 0 radical (unpaired) electrons. The third-order valence-electron chi connectivity index (χ3n) is 1.33. The first-order chi connectivity index (χ1) is 3.45. The van der Waals surface area contributed by atoms with E-state index in [0.29, 0.717) is 11.5 Å². The molecule has 0 N–H and O–H groups in total. The molecule has 2 aliphatic heterocycles. The lowest BCUT2D eigenvalue weighted by Crippen LogP contribution is -2.07. The zero-order chi connectivity index (χ0) is 4.69. The van der Waals surface area contributed by atoms with Gasteiger partial charge in [-0.25, -0.2) is 0 Å². The molecule has 0 aromatic heterocycles. The fourth-order valence-corrected chi connectivity index (χ4v) is 2.10. The van der Waals surface area contributed by atoms with Crippen LogP contribution in [0.15, 0.2) is 0 Å². The van der Waals surface area contributed by atoms with E-state index in [1.165, 1.54) is 0 Å². The smallest absolute Gasteiger partial charge is 0.0959 e. The molecule has 2 nitrogen and oxygen atoms in total. The highest BCUT2D eigenvalue weighted by Gasteiger charge is 2.33. The van der Waals surface area contributed by atoms with Gasteiger partial charge in [0, 0.05) is 0 Å². The van der Waals surface area contributed by atoms with Crippen molar-refractivity contribution in [2.75, 3.05) is 13.2 Å². The number of rotatable bonds is 2. The molecule has 2 rings (SSSR count). The predicted octanol–water partition coefficient (Wildman–Crippen LogP) is -1.13. The molecular weight excluding hydrogens is 108 g/mol. The lowest BCUT2D eigenvalue weighted by molar-refractivity contribution is 0.436. The highest BCUT2D eigenvalue weighted by Crippen LogP contribution is 2.15. The van der Waals surface area contributed by atoms with Gasteiger partial charge in [0.15, 0.2) is 0 Å². The molecule has 2 unspecified atom stereocenters. The summed E-state index contributed by atoms with van der Waals surface area (Å²) in [4.78, 5) is 0. The molecule has 0 aromatic carbocycles. The van der Waals surface area contributed by atoms with Crippen LogP contribution in [0.3, 0.4) is 0 Å². The molecule has 2 aliphatic rings. The van der Waals surface area contributed by atoms with Crippen molar-refractivity contribution in [2.45, 2.75) is 11.5 Å². The molecule has 0 aliphatic carbocycles. The van der Waals surface area contributed by atoms with Crippen molar-refractivity contribution in [1.82, 2.24) is 0 Å². The van der Waals surface area contributed by atoms with E-state index in [0.717, 1.165) is 13.2 Å². The Labute approximate surface area is 44.6 Å². The lowest BCUT2D eigenvalue weighted by Gasteiger charge is -1.78. The minimum absolute atomic E-state index is 0.0586.